The molecule has 4 heteroatoms. The topological polar surface area (TPSA) is 0 Å². The predicted molar refractivity (Wildman–Crippen MR) is 33.0 cm³/mol. The van der Waals surface area contributed by atoms with Gasteiger partial charge in [-0.05, 0) is 18.5 Å². The van der Waals surface area contributed by atoms with Crippen molar-refractivity contribution < 1.29 is 0 Å². The third-order valence-electron chi connectivity index (χ3n) is 0.0238. The monoisotopic (exact) mass is 222 g/mol. The van der Waals surface area contributed by atoms with Crippen molar-refractivity contribution in [2.75, 3.05) is 0 Å². The van der Waals surface area contributed by atoms with Crippen molar-refractivity contribution in [1.82, 2.24) is 0 Å². The van der Waals surface area contributed by atoms with Gasteiger partial charge in [0.1, 0.15) is 0 Å². The first-order valence-corrected chi connectivity index (χ1v) is 6.31. The smallest absolute Gasteiger partial charge is 0.00225 e. The number of hydrogen-bond donors (Lipinski definition) is 0. The summed E-state index contributed by atoms with van der Waals surface area (Å²) in [6.45, 7) is 0. The van der Waals surface area contributed by atoms with E-state index in [4.69, 9.17) is 0 Å². The van der Waals surface area contributed by atoms with E-state index in [1.54, 1.807) is 0 Å². The predicted octanol–water partition coefficient (Wildman–Crippen LogP) is 2.99. The van der Waals surface area contributed by atoms with Crippen LogP contribution in [0.1, 0.15) is 0 Å². The Balaban J connectivity index is 1.97. The number of hydrogen-bond acceptors (Lipinski definition) is 2. The van der Waals surface area contributed by atoms with Crippen LogP contribution in [0.2, 0.25) is 0 Å². The van der Waals surface area contributed by atoms with E-state index in [1.165, 1.54) is 18.5 Å². The van der Waals surface area contributed by atoms with Gasteiger partial charge >= 0.3 is 0 Å². The molecule has 0 aromatic carbocycles. The summed E-state index contributed by atoms with van der Waals surface area (Å²) in [6, 6.07) is 0. The van der Waals surface area contributed by atoms with E-state index in [2.05, 4.69) is 29.6 Å². The van der Waals surface area contributed by atoms with Crippen molar-refractivity contribution in [3.63, 3.8) is 0 Å². The van der Waals surface area contributed by atoms with Gasteiger partial charge in [-0.3, -0.25) is 0 Å². The van der Waals surface area contributed by atoms with Crippen molar-refractivity contribution in [3.05, 3.63) is 0 Å². The van der Waals surface area contributed by atoms with E-state index in [9.17, 15) is 0 Å². The van der Waals surface area contributed by atoms with Gasteiger partial charge in [0.15, 0.2) is 0 Å². The minimum atomic E-state index is 1.50. The molecule has 0 aromatic rings. The van der Waals surface area contributed by atoms with Crippen molar-refractivity contribution in [1.29, 1.82) is 0 Å². The maximum atomic E-state index is 3.08. The van der Waals surface area contributed by atoms with Gasteiger partial charge < -0.3 is 0 Å². The molecular weight excluding hydrogens is 224 g/mol. The molecule has 0 heterocycles. The van der Waals surface area contributed by atoms with Crippen LogP contribution in [0.25, 0.3) is 0 Å². The lowest BCUT2D eigenvalue weighted by molar-refractivity contribution is 6.22. The zero-order valence-corrected chi connectivity index (χ0v) is 6.38. The fraction of sp³-hybridized carbons (Fsp3) is 0. The van der Waals surface area contributed by atoms with Crippen LogP contribution in [0.3, 0.4) is 0 Å². The zero-order valence-electron chi connectivity index (χ0n) is 1.57. The maximum absolute atomic E-state index is 3.08. The second-order valence-electron chi connectivity index (χ2n) is 0.126. The Labute approximate surface area is 47.9 Å². The van der Waals surface area contributed by atoms with Gasteiger partial charge in [-0.1, -0.05) is 0 Å². The van der Waals surface area contributed by atoms with E-state index >= 15 is 0 Å². The lowest BCUT2D eigenvalue weighted by atomic mass is 31.0. The van der Waals surface area contributed by atoms with Crippen LogP contribution in [0.4, 0.5) is 0 Å². The van der Waals surface area contributed by atoms with Gasteiger partial charge in [0.2, 0.25) is 0 Å². The molecule has 0 aromatic heterocycles. The molecule has 0 rings (SSSR count). The molecule has 0 saturated carbocycles. The quantitative estimate of drug-likeness (QED) is 0.628. The highest BCUT2D eigenvalue weighted by molar-refractivity contribution is 9.77. The normalized spacial score (nSPS) is 7.50. The van der Waals surface area contributed by atoms with Crippen LogP contribution in [-0.4, -0.2) is 0 Å². The molecule has 0 unspecified atom stereocenters. The van der Waals surface area contributed by atoms with Crippen LogP contribution >= 0.6 is 48.1 Å². The first kappa shape index (κ1) is 5.66. The van der Waals surface area contributed by atoms with Crippen LogP contribution in [-0.2, 0) is 0 Å². The molecule has 0 spiro atoms. The van der Waals surface area contributed by atoms with E-state index < -0.39 is 0 Å². The second-order valence-corrected chi connectivity index (χ2v) is 5.89. The van der Waals surface area contributed by atoms with Crippen LogP contribution < -0.4 is 0 Å². The molecule has 0 saturated heterocycles. The summed E-state index contributed by atoms with van der Waals surface area (Å²) in [6.07, 6.45) is 0. The van der Waals surface area contributed by atoms with E-state index in [0.717, 1.165) is 0 Å². The molecule has 0 fully saturated rings. The molecule has 0 aliphatic rings. The van der Waals surface area contributed by atoms with Gasteiger partial charge in [0.25, 0.3) is 0 Å². The highest BCUT2D eigenvalue weighted by Crippen LogP contribution is 2.33. The minimum absolute atomic E-state index is 1.50. The largest absolute Gasteiger partial charge is 0.00225 e. The molecule has 0 radical (unpaired) electrons. The lowest BCUT2D eigenvalue weighted by Gasteiger charge is -1.62. The van der Waals surface area contributed by atoms with E-state index in [0.29, 0.717) is 0 Å². The third kappa shape index (κ3) is 3.66. The molecule has 0 aliphatic heterocycles. The first-order chi connectivity index (χ1) is 1.91. The van der Waals surface area contributed by atoms with Crippen molar-refractivity contribution in [2.24, 2.45) is 0 Å². The summed E-state index contributed by atoms with van der Waals surface area (Å²) < 4.78 is 0. The average Bonchev–Trinajstić information content (AvgIpc) is 1.37. The first-order valence-electron chi connectivity index (χ1n) is 0.475. The minimum Gasteiger partial charge on any atom is -0.00225 e. The number of halogens is 2. The molecule has 4 heavy (non-hydrogen) atoms. The summed E-state index contributed by atoms with van der Waals surface area (Å²) in [4.78, 5) is 0. The maximum Gasteiger partial charge on any atom is 0.00225 e. The SMILES string of the molecule is BrSSBr. The summed E-state index contributed by atoms with van der Waals surface area (Å²) >= 11 is 6.16. The summed E-state index contributed by atoms with van der Waals surface area (Å²) in [5.41, 5.74) is 0. The molecule has 0 aliphatic carbocycles. The van der Waals surface area contributed by atoms with Gasteiger partial charge in [-0.2, -0.15) is 0 Å². The fourth-order valence-electron chi connectivity index (χ4n) is 0. The Morgan fingerprint density at radius 2 is 1.25 bits per heavy atom. The van der Waals surface area contributed by atoms with Gasteiger partial charge in [0.05, 0.1) is 0 Å². The zero-order chi connectivity index (χ0) is 3.41. The summed E-state index contributed by atoms with van der Waals surface area (Å²) in [5, 5.41) is 0. The van der Waals surface area contributed by atoms with Crippen molar-refractivity contribution >= 4 is 48.1 Å². The van der Waals surface area contributed by atoms with Gasteiger partial charge in [-0.25, -0.2) is 0 Å². The summed E-state index contributed by atoms with van der Waals surface area (Å²) in [7, 11) is 3.00. The molecule has 0 atom stereocenters. The Morgan fingerprint density at radius 3 is 1.25 bits per heavy atom. The van der Waals surface area contributed by atoms with Crippen LogP contribution in [0.5, 0.6) is 0 Å². The molecule has 0 amide bonds. The molecular formula is Br2S2. The van der Waals surface area contributed by atoms with Gasteiger partial charge in [-0.15, -0.1) is 0 Å². The second kappa shape index (κ2) is 4.66. The molecule has 26 valence electrons. The van der Waals surface area contributed by atoms with Gasteiger partial charge in [0, 0.05) is 29.6 Å². The van der Waals surface area contributed by atoms with E-state index in [1.807, 2.05) is 0 Å². The van der Waals surface area contributed by atoms with E-state index in [-0.39, 0.29) is 0 Å². The number of rotatable bonds is 1. The van der Waals surface area contributed by atoms with Crippen molar-refractivity contribution in [2.45, 2.75) is 0 Å². The molecule has 0 N–H and O–H groups in total. The standard InChI is InChI=1S/Br2S2/c1-3-4-2. The Morgan fingerprint density at radius 1 is 1.00 bits per heavy atom. The lowest BCUT2D eigenvalue weighted by Crippen LogP contribution is -0.918. The Bertz CT molecular complexity index is 6.00. The van der Waals surface area contributed by atoms with Crippen LogP contribution in [0, 0.1) is 0 Å². The highest BCUT2D eigenvalue weighted by atomic mass is 79.9. The molecule has 0 nitrogen and oxygen atoms in total. The Kier molecular flexibility index (Phi) is 6.59. The van der Waals surface area contributed by atoms with Crippen molar-refractivity contribution in [3.8, 4) is 0 Å². The highest BCUT2D eigenvalue weighted by Gasteiger charge is 1.62. The van der Waals surface area contributed by atoms with Crippen LogP contribution in [0.15, 0.2) is 0 Å². The average molecular weight is 224 g/mol. The summed E-state index contributed by atoms with van der Waals surface area (Å²) in [5.74, 6) is 0. The fourth-order valence-corrected chi connectivity index (χ4v) is 0. The third-order valence-corrected chi connectivity index (χ3v) is 5.79. The Hall–Kier alpha value is 1.66. The molecule has 0 bridgehead atoms.